The molecule has 0 atom stereocenters. The Morgan fingerprint density at radius 3 is 1.80 bits per heavy atom. The minimum Gasteiger partial charge on any atom is -0.209 e. The quantitative estimate of drug-likeness (QED) is 0.646. The van der Waals surface area contributed by atoms with Crippen LogP contribution in [0.5, 0.6) is 0 Å². The fourth-order valence-electron chi connectivity index (χ4n) is 2.16. The van der Waals surface area contributed by atoms with Crippen LogP contribution in [0.2, 0.25) is 0 Å². The van der Waals surface area contributed by atoms with E-state index in [1.165, 1.54) is 5.56 Å². The molecule has 0 aliphatic heterocycles. The second-order valence-electron chi connectivity index (χ2n) is 4.87. The van der Waals surface area contributed by atoms with Gasteiger partial charge in [-0.3, -0.25) is 0 Å². The van der Waals surface area contributed by atoms with Gasteiger partial charge in [-0.15, -0.1) is 0 Å². The molecule has 0 aliphatic rings. The molecule has 0 amide bonds. The number of allylic oxidation sites excluding steroid dienone is 1. The SMILES string of the molecule is CCCc1ccc(-c2ccc(/C(F)=C(\C)F)cc2)cc1. The molecule has 0 spiro atoms. The molecule has 20 heavy (non-hydrogen) atoms. The molecule has 0 bridgehead atoms. The fraction of sp³-hybridized carbons (Fsp3) is 0.222. The molecule has 104 valence electrons. The van der Waals surface area contributed by atoms with E-state index in [9.17, 15) is 8.78 Å². The van der Waals surface area contributed by atoms with Crippen molar-refractivity contribution in [2.45, 2.75) is 26.7 Å². The highest BCUT2D eigenvalue weighted by molar-refractivity contribution is 5.68. The first-order valence-electron chi connectivity index (χ1n) is 6.83. The third-order valence-electron chi connectivity index (χ3n) is 3.27. The predicted molar refractivity (Wildman–Crippen MR) is 80.7 cm³/mol. The molecule has 0 N–H and O–H groups in total. The van der Waals surface area contributed by atoms with Crippen LogP contribution in [-0.2, 0) is 6.42 Å². The summed E-state index contributed by atoms with van der Waals surface area (Å²) in [5.74, 6) is -1.59. The van der Waals surface area contributed by atoms with Gasteiger partial charge >= 0.3 is 0 Å². The van der Waals surface area contributed by atoms with Crippen LogP contribution in [-0.4, -0.2) is 0 Å². The van der Waals surface area contributed by atoms with E-state index in [2.05, 4.69) is 31.2 Å². The second kappa shape index (κ2) is 6.47. The van der Waals surface area contributed by atoms with Gasteiger partial charge in [0.2, 0.25) is 0 Å². The first-order chi connectivity index (χ1) is 9.61. The van der Waals surface area contributed by atoms with Crippen molar-refractivity contribution in [3.05, 3.63) is 65.5 Å². The summed E-state index contributed by atoms with van der Waals surface area (Å²) in [6.45, 7) is 3.28. The second-order valence-corrected chi connectivity index (χ2v) is 4.87. The van der Waals surface area contributed by atoms with E-state index in [1.54, 1.807) is 12.1 Å². The maximum Gasteiger partial charge on any atom is 0.161 e. The van der Waals surface area contributed by atoms with Crippen molar-refractivity contribution in [2.75, 3.05) is 0 Å². The van der Waals surface area contributed by atoms with Crippen molar-refractivity contribution in [1.82, 2.24) is 0 Å². The summed E-state index contributed by atoms with van der Waals surface area (Å²) in [6, 6.07) is 15.2. The summed E-state index contributed by atoms with van der Waals surface area (Å²) in [4.78, 5) is 0. The lowest BCUT2D eigenvalue weighted by molar-refractivity contribution is 0.606. The minimum absolute atomic E-state index is 0.274. The molecule has 0 aliphatic carbocycles. The Balaban J connectivity index is 2.24. The highest BCUT2D eigenvalue weighted by atomic mass is 19.2. The summed E-state index contributed by atoms with van der Waals surface area (Å²) in [5, 5.41) is 0. The summed E-state index contributed by atoms with van der Waals surface area (Å²) in [6.07, 6.45) is 2.20. The molecule has 0 saturated heterocycles. The van der Waals surface area contributed by atoms with Gasteiger partial charge in [-0.25, -0.2) is 8.78 Å². The highest BCUT2D eigenvalue weighted by Crippen LogP contribution is 2.25. The van der Waals surface area contributed by atoms with Crippen molar-refractivity contribution in [3.8, 4) is 11.1 Å². The average molecular weight is 272 g/mol. The maximum atomic E-state index is 13.4. The van der Waals surface area contributed by atoms with E-state index >= 15 is 0 Å². The van der Waals surface area contributed by atoms with Gasteiger partial charge in [-0.1, -0.05) is 61.9 Å². The summed E-state index contributed by atoms with van der Waals surface area (Å²) in [5.41, 5.74) is 3.67. The van der Waals surface area contributed by atoms with Crippen LogP contribution in [0.4, 0.5) is 8.78 Å². The number of hydrogen-bond acceptors (Lipinski definition) is 0. The van der Waals surface area contributed by atoms with Crippen LogP contribution in [0.25, 0.3) is 17.0 Å². The fourth-order valence-corrected chi connectivity index (χ4v) is 2.16. The molecular weight excluding hydrogens is 254 g/mol. The monoisotopic (exact) mass is 272 g/mol. The zero-order valence-electron chi connectivity index (χ0n) is 11.8. The van der Waals surface area contributed by atoms with E-state index in [0.29, 0.717) is 0 Å². The van der Waals surface area contributed by atoms with Crippen LogP contribution in [0.3, 0.4) is 0 Å². The largest absolute Gasteiger partial charge is 0.209 e. The molecule has 0 nitrogen and oxygen atoms in total. The first-order valence-corrected chi connectivity index (χ1v) is 6.83. The Morgan fingerprint density at radius 1 is 0.850 bits per heavy atom. The van der Waals surface area contributed by atoms with Crippen molar-refractivity contribution in [2.24, 2.45) is 0 Å². The Hall–Kier alpha value is -1.96. The van der Waals surface area contributed by atoms with E-state index in [0.717, 1.165) is 30.9 Å². The Morgan fingerprint density at radius 2 is 1.35 bits per heavy atom. The van der Waals surface area contributed by atoms with Crippen molar-refractivity contribution in [1.29, 1.82) is 0 Å². The molecule has 0 radical (unpaired) electrons. The smallest absolute Gasteiger partial charge is 0.161 e. The normalized spacial score (nSPS) is 12.2. The van der Waals surface area contributed by atoms with E-state index < -0.39 is 11.7 Å². The number of aryl methyl sites for hydroxylation is 1. The first kappa shape index (κ1) is 14.4. The number of hydrogen-bond donors (Lipinski definition) is 0. The van der Waals surface area contributed by atoms with Crippen LogP contribution >= 0.6 is 0 Å². The predicted octanol–water partition coefficient (Wildman–Crippen LogP) is 5.93. The van der Waals surface area contributed by atoms with Crippen molar-refractivity contribution < 1.29 is 8.78 Å². The lowest BCUT2D eigenvalue weighted by Crippen LogP contribution is -1.85. The molecule has 0 heterocycles. The molecule has 2 aromatic rings. The zero-order chi connectivity index (χ0) is 14.5. The van der Waals surface area contributed by atoms with Gasteiger partial charge in [-0.05, 0) is 30.0 Å². The van der Waals surface area contributed by atoms with Crippen LogP contribution in [0, 0.1) is 0 Å². The molecule has 0 unspecified atom stereocenters. The highest BCUT2D eigenvalue weighted by Gasteiger charge is 2.05. The van der Waals surface area contributed by atoms with E-state index in [1.807, 2.05) is 12.1 Å². The summed E-state index contributed by atoms with van der Waals surface area (Å²) in [7, 11) is 0. The van der Waals surface area contributed by atoms with Gasteiger partial charge in [-0.2, -0.15) is 0 Å². The zero-order valence-corrected chi connectivity index (χ0v) is 11.8. The molecule has 0 fully saturated rings. The lowest BCUT2D eigenvalue weighted by Gasteiger charge is -2.05. The summed E-state index contributed by atoms with van der Waals surface area (Å²) >= 11 is 0. The van der Waals surface area contributed by atoms with Gasteiger partial charge in [0.15, 0.2) is 5.83 Å². The molecule has 2 aromatic carbocycles. The van der Waals surface area contributed by atoms with Crippen LogP contribution in [0.1, 0.15) is 31.4 Å². The van der Waals surface area contributed by atoms with Gasteiger partial charge in [0, 0.05) is 5.56 Å². The van der Waals surface area contributed by atoms with E-state index in [4.69, 9.17) is 0 Å². The van der Waals surface area contributed by atoms with Crippen molar-refractivity contribution >= 4 is 5.83 Å². The molecule has 0 saturated carbocycles. The minimum atomic E-state index is -0.796. The third kappa shape index (κ3) is 3.32. The standard InChI is InChI=1S/C18H18F2/c1-3-4-14-5-7-15(8-6-14)16-9-11-17(12-10-16)18(20)13(2)19/h5-12H,3-4H2,1-2H3/b18-13-. The van der Waals surface area contributed by atoms with Crippen molar-refractivity contribution in [3.63, 3.8) is 0 Å². The van der Waals surface area contributed by atoms with Gasteiger partial charge in [0.1, 0.15) is 5.83 Å². The number of benzene rings is 2. The molecule has 0 aromatic heterocycles. The Kier molecular flexibility index (Phi) is 4.67. The summed E-state index contributed by atoms with van der Waals surface area (Å²) < 4.78 is 26.3. The van der Waals surface area contributed by atoms with Crippen LogP contribution < -0.4 is 0 Å². The molecular formula is C18H18F2. The molecule has 2 rings (SSSR count). The molecule has 2 heteroatoms. The Labute approximate surface area is 118 Å². The third-order valence-corrected chi connectivity index (χ3v) is 3.27. The average Bonchev–Trinajstić information content (AvgIpc) is 2.48. The topological polar surface area (TPSA) is 0 Å². The number of rotatable bonds is 4. The Bertz CT molecular complexity index is 588. The van der Waals surface area contributed by atoms with Crippen LogP contribution in [0.15, 0.2) is 54.4 Å². The van der Waals surface area contributed by atoms with Gasteiger partial charge < -0.3 is 0 Å². The maximum absolute atomic E-state index is 13.4. The lowest BCUT2D eigenvalue weighted by atomic mass is 10.0. The number of halogens is 2. The van der Waals surface area contributed by atoms with E-state index in [-0.39, 0.29) is 5.56 Å². The van der Waals surface area contributed by atoms with Gasteiger partial charge in [0.25, 0.3) is 0 Å². The van der Waals surface area contributed by atoms with Gasteiger partial charge in [0.05, 0.1) is 0 Å².